The van der Waals surface area contributed by atoms with Crippen LogP contribution in [0.3, 0.4) is 0 Å². The molecule has 0 radical (unpaired) electrons. The van der Waals surface area contributed by atoms with Gasteiger partial charge in [-0.1, -0.05) is 83.1 Å². The molecule has 0 spiro atoms. The Labute approximate surface area is 183 Å². The fourth-order valence-electron chi connectivity index (χ4n) is 4.91. The molecule has 0 aliphatic heterocycles. The van der Waals surface area contributed by atoms with Gasteiger partial charge < -0.3 is 4.74 Å². The Morgan fingerprint density at radius 3 is 2.30 bits per heavy atom. The Bertz CT molecular complexity index is 786. The van der Waals surface area contributed by atoms with E-state index in [0.717, 1.165) is 24.1 Å². The monoisotopic (exact) mass is 408 g/mol. The van der Waals surface area contributed by atoms with Crippen molar-refractivity contribution in [3.63, 3.8) is 0 Å². The van der Waals surface area contributed by atoms with E-state index >= 15 is 0 Å². The molecule has 2 nitrogen and oxygen atoms in total. The third-order valence-corrected chi connectivity index (χ3v) is 6.84. The fourth-order valence-corrected chi connectivity index (χ4v) is 4.91. The molecule has 0 saturated heterocycles. The van der Waals surface area contributed by atoms with Gasteiger partial charge in [-0.2, -0.15) is 0 Å². The van der Waals surface area contributed by atoms with Crippen LogP contribution in [0.2, 0.25) is 0 Å². The van der Waals surface area contributed by atoms with Gasteiger partial charge in [0.25, 0.3) is 0 Å². The Morgan fingerprint density at radius 2 is 1.53 bits per heavy atom. The molecule has 0 heterocycles. The van der Waals surface area contributed by atoms with Crippen LogP contribution >= 0.6 is 0 Å². The van der Waals surface area contributed by atoms with Crippen LogP contribution in [0.4, 0.5) is 0 Å². The summed E-state index contributed by atoms with van der Waals surface area (Å²) in [5.74, 6) is 2.21. The smallest absolute Gasteiger partial charge is 0.311 e. The van der Waals surface area contributed by atoms with Crippen molar-refractivity contribution >= 4 is 16.7 Å². The van der Waals surface area contributed by atoms with Gasteiger partial charge in [-0.25, -0.2) is 0 Å². The van der Waals surface area contributed by atoms with Crippen molar-refractivity contribution in [3.8, 4) is 5.75 Å². The summed E-state index contributed by atoms with van der Waals surface area (Å²) in [5, 5.41) is 2.41. The third-order valence-electron chi connectivity index (χ3n) is 6.84. The van der Waals surface area contributed by atoms with Crippen molar-refractivity contribution < 1.29 is 9.53 Å². The lowest BCUT2D eigenvalue weighted by Gasteiger charge is -2.29. The SMILES string of the molecule is CCCCCCC(=O)Oc1ccc2cc([C@H]3CC[C@H](CCCCC)CC3)ccc2c1. The summed E-state index contributed by atoms with van der Waals surface area (Å²) in [6.07, 6.45) is 15.9. The van der Waals surface area contributed by atoms with Gasteiger partial charge in [-0.15, -0.1) is 0 Å². The van der Waals surface area contributed by atoms with Crippen molar-refractivity contribution in [1.29, 1.82) is 0 Å². The van der Waals surface area contributed by atoms with Gasteiger partial charge >= 0.3 is 5.97 Å². The zero-order valence-electron chi connectivity index (χ0n) is 19.1. The zero-order chi connectivity index (χ0) is 21.2. The predicted molar refractivity (Wildman–Crippen MR) is 127 cm³/mol. The highest BCUT2D eigenvalue weighted by molar-refractivity contribution is 5.85. The van der Waals surface area contributed by atoms with E-state index in [1.54, 1.807) is 0 Å². The maximum Gasteiger partial charge on any atom is 0.311 e. The topological polar surface area (TPSA) is 26.3 Å². The van der Waals surface area contributed by atoms with Crippen LogP contribution in [-0.2, 0) is 4.79 Å². The predicted octanol–water partition coefficient (Wildman–Crippen LogP) is 8.57. The largest absolute Gasteiger partial charge is 0.427 e. The quantitative estimate of drug-likeness (QED) is 0.211. The van der Waals surface area contributed by atoms with Crippen LogP contribution in [0.5, 0.6) is 5.75 Å². The highest BCUT2D eigenvalue weighted by Gasteiger charge is 2.22. The number of fused-ring (bicyclic) bond motifs is 1. The van der Waals surface area contributed by atoms with Gasteiger partial charge in [-0.3, -0.25) is 4.79 Å². The Morgan fingerprint density at radius 1 is 0.833 bits per heavy atom. The molecule has 0 aromatic heterocycles. The van der Waals surface area contributed by atoms with E-state index in [1.165, 1.54) is 75.2 Å². The van der Waals surface area contributed by atoms with E-state index < -0.39 is 0 Å². The molecular formula is C28H40O2. The van der Waals surface area contributed by atoms with E-state index in [1.807, 2.05) is 12.1 Å². The van der Waals surface area contributed by atoms with E-state index in [9.17, 15) is 4.79 Å². The number of carbonyl (C=O) groups excluding carboxylic acids is 1. The standard InChI is InChI=1S/C28H40O2/c1-3-5-7-9-11-28(29)30-27-19-18-25-20-24(16-17-26(25)21-27)23-14-12-22(13-15-23)10-8-6-4-2/h16-23H,3-15H2,1-2H3/t22-,23-. The van der Waals surface area contributed by atoms with Crippen molar-refractivity contribution in [3.05, 3.63) is 42.0 Å². The molecule has 30 heavy (non-hydrogen) atoms. The molecule has 1 saturated carbocycles. The highest BCUT2D eigenvalue weighted by Crippen LogP contribution is 2.38. The molecule has 1 fully saturated rings. The van der Waals surface area contributed by atoms with Crippen molar-refractivity contribution in [2.45, 2.75) is 103 Å². The molecule has 0 N–H and O–H groups in total. The Hall–Kier alpha value is -1.83. The lowest BCUT2D eigenvalue weighted by atomic mass is 9.77. The summed E-state index contributed by atoms with van der Waals surface area (Å²) in [6, 6.07) is 12.9. The molecule has 2 heteroatoms. The van der Waals surface area contributed by atoms with Crippen molar-refractivity contribution in [1.82, 2.24) is 0 Å². The summed E-state index contributed by atoms with van der Waals surface area (Å²) in [5.41, 5.74) is 1.48. The van der Waals surface area contributed by atoms with Crippen LogP contribution < -0.4 is 4.74 Å². The maximum absolute atomic E-state index is 12.1. The zero-order valence-corrected chi connectivity index (χ0v) is 19.1. The second-order valence-corrected chi connectivity index (χ2v) is 9.27. The molecule has 2 aromatic carbocycles. The van der Waals surface area contributed by atoms with Gasteiger partial charge in [0.2, 0.25) is 0 Å². The number of ether oxygens (including phenoxy) is 1. The van der Waals surface area contributed by atoms with Gasteiger partial charge in [0, 0.05) is 6.42 Å². The maximum atomic E-state index is 12.1. The average molecular weight is 409 g/mol. The first-order valence-electron chi connectivity index (χ1n) is 12.4. The number of hydrogen-bond donors (Lipinski definition) is 0. The highest BCUT2D eigenvalue weighted by atomic mass is 16.5. The van der Waals surface area contributed by atoms with Crippen LogP contribution in [-0.4, -0.2) is 5.97 Å². The van der Waals surface area contributed by atoms with Crippen LogP contribution in [0.25, 0.3) is 10.8 Å². The van der Waals surface area contributed by atoms with Gasteiger partial charge in [0.1, 0.15) is 5.75 Å². The summed E-state index contributed by atoms with van der Waals surface area (Å²) >= 11 is 0. The minimum atomic E-state index is -0.113. The summed E-state index contributed by atoms with van der Waals surface area (Å²) in [4.78, 5) is 12.1. The lowest BCUT2D eigenvalue weighted by molar-refractivity contribution is -0.134. The normalized spacial score (nSPS) is 19.1. The minimum Gasteiger partial charge on any atom is -0.427 e. The lowest BCUT2D eigenvalue weighted by Crippen LogP contribution is -2.13. The molecule has 0 bridgehead atoms. The summed E-state index contributed by atoms with van der Waals surface area (Å²) in [7, 11) is 0. The van der Waals surface area contributed by atoms with Crippen LogP contribution in [0.1, 0.15) is 109 Å². The molecular weight excluding hydrogens is 368 g/mol. The van der Waals surface area contributed by atoms with Crippen molar-refractivity contribution in [2.24, 2.45) is 5.92 Å². The van der Waals surface area contributed by atoms with E-state index in [4.69, 9.17) is 4.74 Å². The van der Waals surface area contributed by atoms with Gasteiger partial charge in [0.15, 0.2) is 0 Å². The number of unbranched alkanes of at least 4 members (excludes halogenated alkanes) is 5. The second kappa shape index (κ2) is 12.1. The van der Waals surface area contributed by atoms with Crippen LogP contribution in [0.15, 0.2) is 36.4 Å². The molecule has 0 unspecified atom stereocenters. The van der Waals surface area contributed by atoms with E-state index in [-0.39, 0.29) is 5.97 Å². The van der Waals surface area contributed by atoms with Crippen molar-refractivity contribution in [2.75, 3.05) is 0 Å². The number of carbonyl (C=O) groups is 1. The minimum absolute atomic E-state index is 0.113. The Kier molecular flexibility index (Phi) is 9.24. The average Bonchev–Trinajstić information content (AvgIpc) is 2.77. The first kappa shape index (κ1) is 22.8. The Balaban J connectivity index is 1.53. The molecule has 1 aliphatic rings. The number of benzene rings is 2. The number of rotatable bonds is 11. The summed E-state index contributed by atoms with van der Waals surface area (Å²) in [6.45, 7) is 4.47. The van der Waals surface area contributed by atoms with Crippen LogP contribution in [0, 0.1) is 5.92 Å². The number of esters is 1. The molecule has 2 aromatic rings. The molecule has 0 atom stereocenters. The molecule has 1 aliphatic carbocycles. The molecule has 0 amide bonds. The first-order valence-corrected chi connectivity index (χ1v) is 12.4. The molecule has 3 rings (SSSR count). The van der Waals surface area contributed by atoms with Gasteiger partial charge in [0.05, 0.1) is 0 Å². The second-order valence-electron chi connectivity index (χ2n) is 9.27. The van der Waals surface area contributed by atoms with E-state index in [2.05, 4.69) is 38.1 Å². The number of hydrogen-bond acceptors (Lipinski definition) is 2. The van der Waals surface area contributed by atoms with E-state index in [0.29, 0.717) is 18.1 Å². The summed E-state index contributed by atoms with van der Waals surface area (Å²) < 4.78 is 5.56. The first-order chi connectivity index (χ1) is 14.7. The molecule has 164 valence electrons. The van der Waals surface area contributed by atoms with Gasteiger partial charge in [-0.05, 0) is 72.4 Å². The third kappa shape index (κ3) is 6.86. The fraction of sp³-hybridized carbons (Fsp3) is 0.607.